The van der Waals surface area contributed by atoms with Gasteiger partial charge in [-0.05, 0) is 24.7 Å². The van der Waals surface area contributed by atoms with Gasteiger partial charge in [0.15, 0.2) is 0 Å². The highest BCUT2D eigenvalue weighted by molar-refractivity contribution is 6.31. The van der Waals surface area contributed by atoms with E-state index in [-0.39, 0.29) is 11.5 Å². The Kier molecular flexibility index (Phi) is 4.62. The molecule has 2 N–H and O–H groups in total. The van der Waals surface area contributed by atoms with Crippen LogP contribution in [0.1, 0.15) is 52.8 Å². The van der Waals surface area contributed by atoms with E-state index in [4.69, 9.17) is 17.3 Å². The van der Waals surface area contributed by atoms with E-state index in [2.05, 4.69) is 32.8 Å². The fraction of sp³-hybridized carbons (Fsp3) is 0.769. The number of nitrogens with two attached hydrogens (primary N) is 1. The van der Waals surface area contributed by atoms with Gasteiger partial charge < -0.3 is 5.73 Å². The lowest BCUT2D eigenvalue weighted by Crippen LogP contribution is -2.25. The Morgan fingerprint density at radius 1 is 1.47 bits per heavy atom. The lowest BCUT2D eigenvalue weighted by atomic mass is 9.78. The van der Waals surface area contributed by atoms with Gasteiger partial charge >= 0.3 is 0 Å². The van der Waals surface area contributed by atoms with Crippen LogP contribution in [0.2, 0.25) is 5.02 Å². The Labute approximate surface area is 109 Å². The Morgan fingerprint density at radius 2 is 2.06 bits per heavy atom. The van der Waals surface area contributed by atoms with Crippen molar-refractivity contribution in [2.75, 3.05) is 0 Å². The molecule has 17 heavy (non-hydrogen) atoms. The van der Waals surface area contributed by atoms with Crippen molar-refractivity contribution in [1.82, 2.24) is 9.78 Å². The van der Waals surface area contributed by atoms with Crippen LogP contribution in [0, 0.1) is 11.3 Å². The molecule has 2 atom stereocenters. The molecule has 98 valence electrons. The van der Waals surface area contributed by atoms with Crippen LogP contribution in [0.3, 0.4) is 0 Å². The Morgan fingerprint density at radius 3 is 2.53 bits per heavy atom. The van der Waals surface area contributed by atoms with Crippen LogP contribution in [-0.2, 0) is 6.54 Å². The predicted molar refractivity (Wildman–Crippen MR) is 73.1 cm³/mol. The molecule has 0 radical (unpaired) electrons. The van der Waals surface area contributed by atoms with Crippen LogP contribution in [0.15, 0.2) is 6.20 Å². The molecule has 0 aliphatic heterocycles. The number of aryl methyl sites for hydroxylation is 1. The molecule has 0 amide bonds. The first-order valence-electron chi connectivity index (χ1n) is 6.24. The third-order valence-electron chi connectivity index (χ3n) is 3.57. The summed E-state index contributed by atoms with van der Waals surface area (Å²) in [6, 6.07) is -0.0424. The molecule has 1 aromatic rings. The highest BCUT2D eigenvalue weighted by atomic mass is 35.5. The van der Waals surface area contributed by atoms with Crippen LogP contribution in [0.5, 0.6) is 0 Å². The maximum atomic E-state index is 6.27. The lowest BCUT2D eigenvalue weighted by molar-refractivity contribution is 0.231. The Hall–Kier alpha value is -0.540. The third kappa shape index (κ3) is 3.46. The fourth-order valence-corrected chi connectivity index (χ4v) is 2.12. The summed E-state index contributed by atoms with van der Waals surface area (Å²) in [5.74, 6) is 0.536. The standard InChI is InChI=1S/C13H24ClN3/c1-6-17-12(10(14)8-16-17)11(15)7-9(2)13(3,4)5/h8-9,11H,6-7,15H2,1-5H3. The molecule has 0 saturated heterocycles. The highest BCUT2D eigenvalue weighted by Crippen LogP contribution is 2.34. The molecule has 0 bridgehead atoms. The second kappa shape index (κ2) is 5.40. The van der Waals surface area contributed by atoms with Crippen LogP contribution in [-0.4, -0.2) is 9.78 Å². The van der Waals surface area contributed by atoms with E-state index in [1.807, 2.05) is 11.6 Å². The molecule has 0 spiro atoms. The first-order chi connectivity index (χ1) is 7.77. The minimum absolute atomic E-state index is 0.0424. The molecule has 0 aliphatic rings. The summed E-state index contributed by atoms with van der Waals surface area (Å²) < 4.78 is 1.89. The van der Waals surface area contributed by atoms with Crippen molar-refractivity contribution in [3.63, 3.8) is 0 Å². The molecule has 1 heterocycles. The van der Waals surface area contributed by atoms with Crippen molar-refractivity contribution in [1.29, 1.82) is 0 Å². The summed E-state index contributed by atoms with van der Waals surface area (Å²) in [4.78, 5) is 0. The normalized spacial score (nSPS) is 15.9. The molecule has 4 heteroatoms. The molecule has 0 fully saturated rings. The van der Waals surface area contributed by atoms with Crippen molar-refractivity contribution >= 4 is 11.6 Å². The molecule has 1 aromatic heterocycles. The van der Waals surface area contributed by atoms with Gasteiger partial charge in [0, 0.05) is 12.6 Å². The van der Waals surface area contributed by atoms with Crippen molar-refractivity contribution in [2.24, 2.45) is 17.1 Å². The zero-order valence-electron chi connectivity index (χ0n) is 11.5. The van der Waals surface area contributed by atoms with E-state index >= 15 is 0 Å². The monoisotopic (exact) mass is 257 g/mol. The van der Waals surface area contributed by atoms with E-state index in [1.165, 1.54) is 0 Å². The van der Waals surface area contributed by atoms with E-state index < -0.39 is 0 Å². The van der Waals surface area contributed by atoms with E-state index in [1.54, 1.807) is 6.20 Å². The van der Waals surface area contributed by atoms with Crippen molar-refractivity contribution in [3.05, 3.63) is 16.9 Å². The van der Waals surface area contributed by atoms with Gasteiger partial charge in [0.1, 0.15) is 0 Å². The van der Waals surface area contributed by atoms with Crippen LogP contribution >= 0.6 is 11.6 Å². The van der Waals surface area contributed by atoms with Crippen molar-refractivity contribution in [3.8, 4) is 0 Å². The molecule has 2 unspecified atom stereocenters. The zero-order chi connectivity index (χ0) is 13.2. The van der Waals surface area contributed by atoms with Gasteiger partial charge in [-0.1, -0.05) is 39.3 Å². The topological polar surface area (TPSA) is 43.8 Å². The number of aromatic nitrogens is 2. The van der Waals surface area contributed by atoms with Crippen molar-refractivity contribution < 1.29 is 0 Å². The van der Waals surface area contributed by atoms with Gasteiger partial charge in [-0.25, -0.2) is 0 Å². The second-order valence-electron chi connectivity index (χ2n) is 5.80. The van der Waals surface area contributed by atoms with Gasteiger partial charge in [-0.15, -0.1) is 0 Å². The predicted octanol–water partition coefficient (Wildman–Crippen LogP) is 3.63. The summed E-state index contributed by atoms with van der Waals surface area (Å²) in [7, 11) is 0. The quantitative estimate of drug-likeness (QED) is 0.895. The van der Waals surface area contributed by atoms with Gasteiger partial charge in [-0.3, -0.25) is 4.68 Å². The van der Waals surface area contributed by atoms with E-state index in [9.17, 15) is 0 Å². The summed E-state index contributed by atoms with van der Waals surface area (Å²) in [5.41, 5.74) is 7.50. The van der Waals surface area contributed by atoms with Gasteiger partial charge in [0.25, 0.3) is 0 Å². The number of rotatable bonds is 4. The number of halogens is 1. The molecule has 3 nitrogen and oxygen atoms in total. The molecular weight excluding hydrogens is 234 g/mol. The summed E-state index contributed by atoms with van der Waals surface area (Å²) in [6.07, 6.45) is 2.61. The highest BCUT2D eigenvalue weighted by Gasteiger charge is 2.25. The first-order valence-corrected chi connectivity index (χ1v) is 6.62. The minimum Gasteiger partial charge on any atom is -0.323 e. The number of hydrogen-bond donors (Lipinski definition) is 1. The molecule has 0 saturated carbocycles. The number of hydrogen-bond acceptors (Lipinski definition) is 2. The second-order valence-corrected chi connectivity index (χ2v) is 6.21. The first kappa shape index (κ1) is 14.5. The number of nitrogens with zero attached hydrogens (tertiary/aromatic N) is 2. The largest absolute Gasteiger partial charge is 0.323 e. The lowest BCUT2D eigenvalue weighted by Gasteiger charge is -2.29. The zero-order valence-corrected chi connectivity index (χ0v) is 12.3. The van der Waals surface area contributed by atoms with Crippen LogP contribution in [0.25, 0.3) is 0 Å². The summed E-state index contributed by atoms with van der Waals surface area (Å²) in [6.45, 7) is 11.8. The molecule has 1 rings (SSSR count). The Bertz CT molecular complexity index is 365. The minimum atomic E-state index is -0.0424. The van der Waals surface area contributed by atoms with Crippen molar-refractivity contribution in [2.45, 2.75) is 53.6 Å². The van der Waals surface area contributed by atoms with Crippen LogP contribution < -0.4 is 5.73 Å². The van der Waals surface area contributed by atoms with Gasteiger partial charge in [0.05, 0.1) is 16.9 Å². The molecular formula is C13H24ClN3. The maximum absolute atomic E-state index is 6.27. The fourth-order valence-electron chi connectivity index (χ4n) is 1.84. The summed E-state index contributed by atoms with van der Waals surface area (Å²) >= 11 is 6.15. The SMILES string of the molecule is CCn1ncc(Cl)c1C(N)CC(C)C(C)(C)C. The van der Waals surface area contributed by atoms with Crippen LogP contribution in [0.4, 0.5) is 0 Å². The van der Waals surface area contributed by atoms with Gasteiger partial charge in [0.2, 0.25) is 0 Å². The average Bonchev–Trinajstić information content (AvgIpc) is 2.57. The van der Waals surface area contributed by atoms with E-state index in [0.29, 0.717) is 10.9 Å². The summed E-state index contributed by atoms with van der Waals surface area (Å²) in [5, 5.41) is 4.91. The molecule has 0 aliphatic carbocycles. The molecule has 0 aromatic carbocycles. The maximum Gasteiger partial charge on any atom is 0.0834 e. The average molecular weight is 258 g/mol. The third-order valence-corrected chi connectivity index (χ3v) is 3.86. The smallest absolute Gasteiger partial charge is 0.0834 e. The van der Waals surface area contributed by atoms with E-state index in [0.717, 1.165) is 18.7 Å². The Balaban J connectivity index is 2.83. The van der Waals surface area contributed by atoms with Gasteiger partial charge in [-0.2, -0.15) is 5.10 Å².